The minimum absolute atomic E-state index is 0.00228. The first-order valence-electron chi connectivity index (χ1n) is 6.35. The predicted octanol–water partition coefficient (Wildman–Crippen LogP) is -0.353. The molecule has 5 heteroatoms. The summed E-state index contributed by atoms with van der Waals surface area (Å²) in [7, 11) is 1.21. The van der Waals surface area contributed by atoms with E-state index in [4.69, 9.17) is 10.2 Å². The molecule has 0 saturated heterocycles. The van der Waals surface area contributed by atoms with Crippen molar-refractivity contribution < 1.29 is 14.0 Å². The fraction of sp³-hybridized carbons (Fsp3) is 0.833. The summed E-state index contributed by atoms with van der Waals surface area (Å²) in [4.78, 5) is 24.5. The molecule has 0 amide bonds. The van der Waals surface area contributed by atoms with E-state index in [1.54, 1.807) is 14.0 Å². The van der Waals surface area contributed by atoms with Gasteiger partial charge in [-0.1, -0.05) is 0 Å². The number of Topliss-reactive ketones (excluding diaryl/α,β-unsaturated/α-hetero) is 2. The normalized spacial score (nSPS) is 53.0. The Kier molecular flexibility index (Phi) is 2.37. The van der Waals surface area contributed by atoms with Crippen LogP contribution in [0.15, 0.2) is 0 Å². The lowest BCUT2D eigenvalue weighted by molar-refractivity contribution is -0.130. The van der Waals surface area contributed by atoms with Gasteiger partial charge in [-0.3, -0.25) is 9.59 Å². The van der Waals surface area contributed by atoms with E-state index >= 15 is 0 Å². The highest BCUT2D eigenvalue weighted by Crippen LogP contribution is 2.61. The van der Waals surface area contributed by atoms with Crippen molar-refractivity contribution in [3.8, 4) is 0 Å². The highest BCUT2D eigenvalue weighted by atomic mass is 28.2. The molecular weight excluding hydrogens is 234 g/mol. The largest absolute Gasteiger partial charge is 0.427 e. The molecule has 3 aliphatic carbocycles. The van der Waals surface area contributed by atoms with Crippen LogP contribution in [0.4, 0.5) is 0 Å². The van der Waals surface area contributed by atoms with Crippen molar-refractivity contribution in [2.24, 2.45) is 29.4 Å². The van der Waals surface area contributed by atoms with E-state index in [0.717, 1.165) is 12.8 Å². The van der Waals surface area contributed by atoms with Gasteiger partial charge in [0.05, 0.1) is 0 Å². The molecule has 17 heavy (non-hydrogen) atoms. The molecule has 0 radical (unpaired) electrons. The van der Waals surface area contributed by atoms with Gasteiger partial charge in [0.2, 0.25) is 0 Å². The number of fused-ring (bicyclic) bond motifs is 5. The number of carbonyl (C=O) groups is 2. The molecule has 6 atom stereocenters. The maximum absolute atomic E-state index is 12.3. The van der Waals surface area contributed by atoms with Crippen molar-refractivity contribution in [2.75, 3.05) is 7.11 Å². The van der Waals surface area contributed by atoms with Crippen molar-refractivity contribution in [3.05, 3.63) is 0 Å². The molecule has 0 aromatic carbocycles. The van der Waals surface area contributed by atoms with E-state index in [1.165, 1.54) is 0 Å². The van der Waals surface area contributed by atoms with E-state index in [9.17, 15) is 9.59 Å². The Morgan fingerprint density at radius 2 is 1.94 bits per heavy atom. The van der Waals surface area contributed by atoms with Crippen molar-refractivity contribution in [1.29, 1.82) is 0 Å². The molecule has 0 aromatic heterocycles. The average Bonchev–Trinajstić information content (AvgIpc) is 2.87. The molecule has 0 aromatic rings. The molecule has 0 aliphatic heterocycles. The molecular formula is C12H19NO3Si. The third-order valence-corrected chi connectivity index (χ3v) is 6.85. The molecule has 6 unspecified atom stereocenters. The van der Waals surface area contributed by atoms with Gasteiger partial charge in [-0.25, -0.2) is 0 Å². The minimum Gasteiger partial charge on any atom is -0.427 e. The van der Waals surface area contributed by atoms with Gasteiger partial charge in [-0.05, 0) is 37.1 Å². The monoisotopic (exact) mass is 253 g/mol. The Hall–Kier alpha value is -0.523. The summed E-state index contributed by atoms with van der Waals surface area (Å²) in [5.74, 6) is 0.638. The molecule has 4 nitrogen and oxygen atoms in total. The smallest absolute Gasteiger partial charge is 0.164 e. The van der Waals surface area contributed by atoms with Gasteiger partial charge in [0.1, 0.15) is 5.54 Å². The number of hydrogen-bond donors (Lipinski definition) is 1. The van der Waals surface area contributed by atoms with Crippen molar-refractivity contribution >= 4 is 21.3 Å². The van der Waals surface area contributed by atoms with Crippen LogP contribution < -0.4 is 5.73 Å². The molecule has 0 spiro atoms. The van der Waals surface area contributed by atoms with Gasteiger partial charge in [-0.15, -0.1) is 0 Å². The van der Waals surface area contributed by atoms with Crippen LogP contribution in [0, 0.1) is 23.7 Å². The second kappa shape index (κ2) is 3.49. The van der Waals surface area contributed by atoms with E-state index in [0.29, 0.717) is 17.4 Å². The molecule has 94 valence electrons. The summed E-state index contributed by atoms with van der Waals surface area (Å²) in [6.07, 6.45) is 2.13. The second-order valence-electron chi connectivity index (χ2n) is 6.09. The number of nitrogens with two attached hydrogens (primary N) is 1. The molecule has 3 aliphatic rings. The second-order valence-corrected chi connectivity index (χ2v) is 8.05. The summed E-state index contributed by atoms with van der Waals surface area (Å²) in [5, 5.41) is 0. The summed E-state index contributed by atoms with van der Waals surface area (Å²) in [5.41, 5.74) is 5.28. The van der Waals surface area contributed by atoms with Crippen LogP contribution in [-0.4, -0.2) is 34.0 Å². The molecule has 2 N–H and O–H groups in total. The standard InChI is InChI=1S/C12H19NO3Si/c1-12(13)10(14)8-5-3-6(9(8)11(12)15)7(4-5)17-16-2/h5-9H,3-4,13,17H2,1-2H3. The van der Waals surface area contributed by atoms with E-state index in [2.05, 4.69) is 0 Å². The molecule has 3 fully saturated rings. The number of hydrogen-bond acceptors (Lipinski definition) is 4. The molecule has 0 heterocycles. The summed E-state index contributed by atoms with van der Waals surface area (Å²) in [6.45, 7) is 1.60. The van der Waals surface area contributed by atoms with Gasteiger partial charge in [0.25, 0.3) is 0 Å². The zero-order valence-electron chi connectivity index (χ0n) is 10.3. The average molecular weight is 253 g/mol. The lowest BCUT2D eigenvalue weighted by Gasteiger charge is -2.28. The summed E-state index contributed by atoms with van der Waals surface area (Å²) < 4.78 is 5.35. The molecule has 2 bridgehead atoms. The van der Waals surface area contributed by atoms with Crippen molar-refractivity contribution in [2.45, 2.75) is 30.8 Å². The maximum atomic E-state index is 12.3. The highest BCUT2D eigenvalue weighted by molar-refractivity contribution is 6.30. The Balaban J connectivity index is 1.92. The lowest BCUT2D eigenvalue weighted by Crippen LogP contribution is -2.49. The van der Waals surface area contributed by atoms with Crippen molar-refractivity contribution in [1.82, 2.24) is 0 Å². The SMILES string of the molecule is CO[SiH2]C1CC2CC1C1C(=O)C(C)(N)C(=O)C21. The minimum atomic E-state index is -1.21. The van der Waals surface area contributed by atoms with Crippen LogP contribution in [0.5, 0.6) is 0 Å². The lowest BCUT2D eigenvalue weighted by atomic mass is 9.81. The van der Waals surface area contributed by atoms with Crippen LogP contribution in [0.3, 0.4) is 0 Å². The van der Waals surface area contributed by atoms with Gasteiger partial charge >= 0.3 is 0 Å². The van der Waals surface area contributed by atoms with Gasteiger partial charge in [0, 0.05) is 18.9 Å². The van der Waals surface area contributed by atoms with Gasteiger partial charge in [0.15, 0.2) is 21.3 Å². The highest BCUT2D eigenvalue weighted by Gasteiger charge is 2.66. The van der Waals surface area contributed by atoms with Crippen LogP contribution in [-0.2, 0) is 14.0 Å². The van der Waals surface area contributed by atoms with Crippen LogP contribution >= 0.6 is 0 Å². The Labute approximate surface area is 103 Å². The van der Waals surface area contributed by atoms with Gasteiger partial charge in [-0.2, -0.15) is 0 Å². The number of carbonyl (C=O) groups excluding carboxylic acids is 2. The summed E-state index contributed by atoms with van der Waals surface area (Å²) in [6, 6.07) is 0. The zero-order chi connectivity index (χ0) is 12.4. The van der Waals surface area contributed by atoms with E-state index < -0.39 is 15.3 Å². The number of rotatable bonds is 2. The number of ketones is 2. The predicted molar refractivity (Wildman–Crippen MR) is 65.1 cm³/mol. The van der Waals surface area contributed by atoms with Gasteiger partial charge < -0.3 is 10.2 Å². The maximum Gasteiger partial charge on any atom is 0.164 e. The zero-order valence-corrected chi connectivity index (χ0v) is 11.7. The fourth-order valence-corrected chi connectivity index (χ4v) is 6.17. The van der Waals surface area contributed by atoms with Crippen molar-refractivity contribution in [3.63, 3.8) is 0 Å². The third-order valence-electron chi connectivity index (χ3n) is 5.15. The van der Waals surface area contributed by atoms with Crippen LogP contribution in [0.1, 0.15) is 19.8 Å². The molecule has 3 saturated carbocycles. The first kappa shape index (κ1) is 11.6. The summed E-state index contributed by atoms with van der Waals surface area (Å²) >= 11 is 0. The topological polar surface area (TPSA) is 69.4 Å². The van der Waals surface area contributed by atoms with E-state index in [-0.39, 0.29) is 23.4 Å². The quantitative estimate of drug-likeness (QED) is 0.539. The Bertz CT molecular complexity index is 395. The van der Waals surface area contributed by atoms with E-state index in [1.807, 2.05) is 0 Å². The Morgan fingerprint density at radius 3 is 2.59 bits per heavy atom. The third kappa shape index (κ3) is 1.30. The first-order chi connectivity index (χ1) is 7.98. The Morgan fingerprint density at radius 1 is 1.29 bits per heavy atom. The molecule has 3 rings (SSSR count). The first-order valence-corrected chi connectivity index (χ1v) is 7.74. The fourth-order valence-electron chi connectivity index (χ4n) is 4.45. The van der Waals surface area contributed by atoms with Crippen LogP contribution in [0.25, 0.3) is 0 Å². The van der Waals surface area contributed by atoms with Crippen LogP contribution in [0.2, 0.25) is 5.54 Å².